The Balaban J connectivity index is 2.18. The molecule has 0 saturated heterocycles. The van der Waals surface area contributed by atoms with Crippen molar-refractivity contribution in [3.8, 4) is 0 Å². The van der Waals surface area contributed by atoms with Crippen molar-refractivity contribution in [1.29, 1.82) is 0 Å². The average Bonchev–Trinajstić information content (AvgIpc) is 2.54. The van der Waals surface area contributed by atoms with E-state index in [1.54, 1.807) is 0 Å². The lowest BCUT2D eigenvalue weighted by atomic mass is 10.1. The molecule has 2 rings (SSSR count). The first-order valence-corrected chi connectivity index (χ1v) is 7.74. The standard InChI is InChI=1S/C19H22N2O2/c1-4-16-10-6-8-12-18(16)21(15(3)22)13-19(23)20-17-11-7-5-9-14(17)2/h5-12H,4,13H2,1-3H3,(H,20,23). The number of nitrogens with one attached hydrogen (secondary N) is 1. The SMILES string of the molecule is CCc1ccccc1N(CC(=O)Nc1ccccc1C)C(C)=O. The number of carbonyl (C=O) groups is 2. The highest BCUT2D eigenvalue weighted by Gasteiger charge is 2.18. The van der Waals surface area contributed by atoms with E-state index in [9.17, 15) is 9.59 Å². The fourth-order valence-corrected chi connectivity index (χ4v) is 2.49. The molecule has 2 aromatic rings. The molecule has 0 heterocycles. The first-order chi connectivity index (χ1) is 11.0. The topological polar surface area (TPSA) is 49.4 Å². The van der Waals surface area contributed by atoms with Gasteiger partial charge >= 0.3 is 0 Å². The summed E-state index contributed by atoms with van der Waals surface area (Å²) in [7, 11) is 0. The molecule has 0 unspecified atom stereocenters. The van der Waals surface area contributed by atoms with Crippen LogP contribution in [0, 0.1) is 6.92 Å². The fraction of sp³-hybridized carbons (Fsp3) is 0.263. The summed E-state index contributed by atoms with van der Waals surface area (Å²) in [4.78, 5) is 25.9. The van der Waals surface area contributed by atoms with Gasteiger partial charge in [-0.3, -0.25) is 9.59 Å². The van der Waals surface area contributed by atoms with Gasteiger partial charge in [0.25, 0.3) is 0 Å². The molecule has 0 aromatic heterocycles. The average molecular weight is 310 g/mol. The second-order valence-corrected chi connectivity index (χ2v) is 5.45. The van der Waals surface area contributed by atoms with Gasteiger partial charge in [-0.2, -0.15) is 0 Å². The third kappa shape index (κ3) is 4.19. The molecule has 120 valence electrons. The van der Waals surface area contributed by atoms with E-state index in [-0.39, 0.29) is 18.4 Å². The summed E-state index contributed by atoms with van der Waals surface area (Å²) in [5, 5.41) is 2.87. The van der Waals surface area contributed by atoms with Gasteiger partial charge in [-0.1, -0.05) is 43.3 Å². The van der Waals surface area contributed by atoms with Gasteiger partial charge in [-0.05, 0) is 36.6 Å². The van der Waals surface area contributed by atoms with E-state index >= 15 is 0 Å². The first-order valence-electron chi connectivity index (χ1n) is 7.74. The number of nitrogens with zero attached hydrogens (tertiary/aromatic N) is 1. The normalized spacial score (nSPS) is 10.2. The molecule has 4 nitrogen and oxygen atoms in total. The number of carbonyl (C=O) groups excluding carboxylic acids is 2. The minimum Gasteiger partial charge on any atom is -0.324 e. The van der Waals surface area contributed by atoms with Crippen LogP contribution < -0.4 is 10.2 Å². The third-order valence-corrected chi connectivity index (χ3v) is 3.76. The molecule has 2 amide bonds. The van der Waals surface area contributed by atoms with Crippen molar-refractivity contribution in [3.05, 3.63) is 59.7 Å². The molecule has 0 fully saturated rings. The second-order valence-electron chi connectivity index (χ2n) is 5.45. The quantitative estimate of drug-likeness (QED) is 0.918. The second kappa shape index (κ2) is 7.58. The van der Waals surface area contributed by atoms with E-state index in [1.165, 1.54) is 11.8 Å². The molecule has 0 saturated carbocycles. The van der Waals surface area contributed by atoms with Crippen molar-refractivity contribution in [3.63, 3.8) is 0 Å². The largest absolute Gasteiger partial charge is 0.324 e. The molecule has 0 aliphatic carbocycles. The van der Waals surface area contributed by atoms with E-state index in [0.29, 0.717) is 0 Å². The summed E-state index contributed by atoms with van der Waals surface area (Å²) < 4.78 is 0. The maximum atomic E-state index is 12.3. The molecule has 0 radical (unpaired) electrons. The Bertz CT molecular complexity index is 710. The molecule has 23 heavy (non-hydrogen) atoms. The Morgan fingerprint density at radius 1 is 1.04 bits per heavy atom. The zero-order valence-electron chi connectivity index (χ0n) is 13.8. The molecular weight excluding hydrogens is 288 g/mol. The van der Waals surface area contributed by atoms with E-state index in [0.717, 1.165) is 28.9 Å². The number of benzene rings is 2. The van der Waals surface area contributed by atoms with E-state index in [2.05, 4.69) is 5.32 Å². The van der Waals surface area contributed by atoms with Crippen molar-refractivity contribution in [2.75, 3.05) is 16.8 Å². The maximum Gasteiger partial charge on any atom is 0.244 e. The Morgan fingerprint density at radius 3 is 2.35 bits per heavy atom. The highest BCUT2D eigenvalue weighted by Crippen LogP contribution is 2.21. The van der Waals surface area contributed by atoms with Crippen LogP contribution in [-0.4, -0.2) is 18.4 Å². The van der Waals surface area contributed by atoms with Gasteiger partial charge in [-0.15, -0.1) is 0 Å². The minimum absolute atomic E-state index is 0.000676. The lowest BCUT2D eigenvalue weighted by Crippen LogP contribution is -2.37. The van der Waals surface area contributed by atoms with E-state index < -0.39 is 0 Å². The van der Waals surface area contributed by atoms with Crippen LogP contribution >= 0.6 is 0 Å². The summed E-state index contributed by atoms with van der Waals surface area (Å²) in [5.74, 6) is -0.355. The zero-order chi connectivity index (χ0) is 16.8. The summed E-state index contributed by atoms with van der Waals surface area (Å²) >= 11 is 0. The molecule has 0 aliphatic heterocycles. The van der Waals surface area contributed by atoms with E-state index in [1.807, 2.05) is 62.4 Å². The van der Waals surface area contributed by atoms with Crippen molar-refractivity contribution in [2.45, 2.75) is 27.2 Å². The minimum atomic E-state index is -0.208. The molecule has 4 heteroatoms. The summed E-state index contributed by atoms with van der Waals surface area (Å²) in [5.41, 5.74) is 3.60. The van der Waals surface area contributed by atoms with Crippen LogP contribution in [0.4, 0.5) is 11.4 Å². The predicted octanol–water partition coefficient (Wildman–Crippen LogP) is 3.55. The number of hydrogen-bond acceptors (Lipinski definition) is 2. The molecule has 0 aliphatic rings. The number of rotatable bonds is 5. The molecular formula is C19H22N2O2. The van der Waals surface area contributed by atoms with E-state index in [4.69, 9.17) is 0 Å². The number of hydrogen-bond donors (Lipinski definition) is 1. The van der Waals surface area contributed by atoms with Crippen LogP contribution in [0.5, 0.6) is 0 Å². The number of anilines is 2. The lowest BCUT2D eigenvalue weighted by Gasteiger charge is -2.23. The monoisotopic (exact) mass is 310 g/mol. The van der Waals surface area contributed by atoms with Gasteiger partial charge in [0.1, 0.15) is 6.54 Å². The van der Waals surface area contributed by atoms with Crippen LogP contribution in [0.25, 0.3) is 0 Å². The van der Waals surface area contributed by atoms with Crippen LogP contribution in [0.2, 0.25) is 0 Å². The zero-order valence-corrected chi connectivity index (χ0v) is 13.8. The third-order valence-electron chi connectivity index (χ3n) is 3.76. The molecule has 0 bridgehead atoms. The fourth-order valence-electron chi connectivity index (χ4n) is 2.49. The summed E-state index contributed by atoms with van der Waals surface area (Å²) in [6.45, 7) is 5.45. The highest BCUT2D eigenvalue weighted by atomic mass is 16.2. The van der Waals surface area contributed by atoms with Crippen molar-refractivity contribution in [2.24, 2.45) is 0 Å². The number of amides is 2. The van der Waals surface area contributed by atoms with Gasteiger partial charge in [0, 0.05) is 18.3 Å². The Morgan fingerprint density at radius 2 is 1.70 bits per heavy atom. The van der Waals surface area contributed by atoms with Crippen LogP contribution in [0.1, 0.15) is 25.0 Å². The summed E-state index contributed by atoms with van der Waals surface area (Å²) in [6, 6.07) is 15.3. The smallest absolute Gasteiger partial charge is 0.244 e. The van der Waals surface area contributed by atoms with Crippen LogP contribution in [-0.2, 0) is 16.0 Å². The van der Waals surface area contributed by atoms with Gasteiger partial charge in [-0.25, -0.2) is 0 Å². The van der Waals surface area contributed by atoms with Crippen molar-refractivity contribution in [1.82, 2.24) is 0 Å². The van der Waals surface area contributed by atoms with Gasteiger partial charge in [0.15, 0.2) is 0 Å². The van der Waals surface area contributed by atoms with Gasteiger partial charge < -0.3 is 10.2 Å². The predicted molar refractivity (Wildman–Crippen MR) is 93.7 cm³/mol. The van der Waals surface area contributed by atoms with Gasteiger partial charge in [0.05, 0.1) is 0 Å². The molecule has 0 spiro atoms. The first kappa shape index (κ1) is 16.7. The summed E-state index contributed by atoms with van der Waals surface area (Å²) in [6.07, 6.45) is 0.805. The Kier molecular flexibility index (Phi) is 5.52. The Hall–Kier alpha value is -2.62. The molecule has 2 aromatic carbocycles. The van der Waals surface area contributed by atoms with Crippen molar-refractivity contribution >= 4 is 23.2 Å². The number of aryl methyl sites for hydroxylation is 2. The van der Waals surface area contributed by atoms with Crippen molar-refractivity contribution < 1.29 is 9.59 Å². The maximum absolute atomic E-state index is 12.3. The molecule has 1 N–H and O–H groups in total. The van der Waals surface area contributed by atoms with Crippen LogP contribution in [0.3, 0.4) is 0 Å². The Labute approximate surface area is 137 Å². The molecule has 0 atom stereocenters. The lowest BCUT2D eigenvalue weighted by molar-refractivity contribution is -0.120. The van der Waals surface area contributed by atoms with Crippen LogP contribution in [0.15, 0.2) is 48.5 Å². The highest BCUT2D eigenvalue weighted by molar-refractivity contribution is 6.02. The van der Waals surface area contributed by atoms with Gasteiger partial charge in [0.2, 0.25) is 11.8 Å². The number of para-hydroxylation sites is 2.